The van der Waals surface area contributed by atoms with Gasteiger partial charge in [0.2, 0.25) is 5.91 Å². The summed E-state index contributed by atoms with van der Waals surface area (Å²) in [6.45, 7) is 3.19. The molecule has 0 aliphatic heterocycles. The van der Waals surface area contributed by atoms with Gasteiger partial charge in [-0.1, -0.05) is 0 Å². The third-order valence-corrected chi connectivity index (χ3v) is 3.08. The van der Waals surface area contributed by atoms with Crippen molar-refractivity contribution >= 4 is 17.7 Å². The van der Waals surface area contributed by atoms with Gasteiger partial charge in [0, 0.05) is 0 Å². The van der Waals surface area contributed by atoms with E-state index in [4.69, 9.17) is 4.42 Å². The third kappa shape index (κ3) is 5.79. The summed E-state index contributed by atoms with van der Waals surface area (Å²) in [5.74, 6) is 1.90. The molecular formula is C12H20N2O2S. The zero-order chi connectivity index (χ0) is 12.5. The van der Waals surface area contributed by atoms with Crippen LogP contribution in [0.5, 0.6) is 0 Å². The summed E-state index contributed by atoms with van der Waals surface area (Å²) in [5.41, 5.74) is 0. The molecule has 2 N–H and O–H groups in total. The van der Waals surface area contributed by atoms with Crippen LogP contribution in [-0.2, 0) is 11.3 Å². The topological polar surface area (TPSA) is 54.3 Å². The quantitative estimate of drug-likeness (QED) is 0.694. The van der Waals surface area contributed by atoms with Gasteiger partial charge < -0.3 is 15.1 Å². The second-order valence-corrected chi connectivity index (χ2v) is 4.80. The molecule has 0 aromatic carbocycles. The second-order valence-electron chi connectivity index (χ2n) is 3.82. The van der Waals surface area contributed by atoms with Gasteiger partial charge in [0.05, 0.1) is 18.8 Å². The first-order valence-electron chi connectivity index (χ1n) is 5.76. The Hall–Kier alpha value is -0.940. The highest BCUT2D eigenvalue weighted by Gasteiger charge is 2.11. The lowest BCUT2D eigenvalue weighted by Gasteiger charge is -2.13. The van der Waals surface area contributed by atoms with Crippen molar-refractivity contribution in [1.29, 1.82) is 0 Å². The van der Waals surface area contributed by atoms with Crippen molar-refractivity contribution < 1.29 is 9.21 Å². The predicted octanol–water partition coefficient (Wildman–Crippen LogP) is 1.63. The van der Waals surface area contributed by atoms with E-state index in [1.54, 1.807) is 6.26 Å². The fraction of sp³-hybridized carbons (Fsp3) is 0.583. The molecule has 1 aromatic heterocycles. The number of hydrogen-bond donors (Lipinski definition) is 2. The van der Waals surface area contributed by atoms with Crippen molar-refractivity contribution in [2.45, 2.75) is 25.9 Å². The molecule has 0 radical (unpaired) electrons. The predicted molar refractivity (Wildman–Crippen MR) is 71.0 cm³/mol. The summed E-state index contributed by atoms with van der Waals surface area (Å²) in [4.78, 5) is 11.7. The van der Waals surface area contributed by atoms with Gasteiger partial charge in [-0.05, 0) is 44.0 Å². The summed E-state index contributed by atoms with van der Waals surface area (Å²) in [6, 6.07) is 3.49. The van der Waals surface area contributed by atoms with Crippen molar-refractivity contribution in [2.24, 2.45) is 0 Å². The highest BCUT2D eigenvalue weighted by Crippen LogP contribution is 1.99. The Balaban J connectivity index is 2.13. The first-order valence-corrected chi connectivity index (χ1v) is 7.16. The zero-order valence-electron chi connectivity index (χ0n) is 10.4. The molecule has 0 aliphatic rings. The Kier molecular flexibility index (Phi) is 6.81. The van der Waals surface area contributed by atoms with E-state index in [1.807, 2.05) is 30.8 Å². The molecule has 1 atom stereocenters. The molecular weight excluding hydrogens is 236 g/mol. The van der Waals surface area contributed by atoms with Crippen molar-refractivity contribution in [1.82, 2.24) is 10.6 Å². The van der Waals surface area contributed by atoms with Crippen LogP contribution in [0.2, 0.25) is 0 Å². The Labute approximate surface area is 107 Å². The number of hydrogen-bond acceptors (Lipinski definition) is 4. The van der Waals surface area contributed by atoms with Gasteiger partial charge in [0.15, 0.2) is 0 Å². The van der Waals surface area contributed by atoms with Crippen LogP contribution in [0.15, 0.2) is 22.8 Å². The van der Waals surface area contributed by atoms with Crippen LogP contribution in [0, 0.1) is 0 Å². The van der Waals surface area contributed by atoms with E-state index in [1.165, 1.54) is 0 Å². The summed E-state index contributed by atoms with van der Waals surface area (Å²) in [5, 5.41) is 6.02. The van der Waals surface area contributed by atoms with E-state index in [2.05, 4.69) is 16.9 Å². The molecule has 96 valence electrons. The maximum Gasteiger partial charge on any atom is 0.237 e. The fourth-order valence-electron chi connectivity index (χ4n) is 1.37. The summed E-state index contributed by atoms with van der Waals surface area (Å²) >= 11 is 1.82. The van der Waals surface area contributed by atoms with E-state index in [0.29, 0.717) is 6.54 Å². The molecule has 0 spiro atoms. The van der Waals surface area contributed by atoms with E-state index < -0.39 is 0 Å². The van der Waals surface area contributed by atoms with Gasteiger partial charge in [0.25, 0.3) is 0 Å². The Morgan fingerprint density at radius 3 is 3.06 bits per heavy atom. The fourth-order valence-corrected chi connectivity index (χ4v) is 1.80. The largest absolute Gasteiger partial charge is 0.467 e. The number of rotatable bonds is 8. The second kappa shape index (κ2) is 8.20. The minimum atomic E-state index is -0.160. The molecule has 1 amide bonds. The summed E-state index contributed by atoms with van der Waals surface area (Å²) in [7, 11) is 0. The average Bonchev–Trinajstić information content (AvgIpc) is 2.84. The first kappa shape index (κ1) is 14.1. The molecule has 0 saturated carbocycles. The molecule has 1 rings (SSSR count). The number of amides is 1. The Bertz CT molecular complexity index is 314. The van der Waals surface area contributed by atoms with Crippen LogP contribution in [0.25, 0.3) is 0 Å². The van der Waals surface area contributed by atoms with E-state index >= 15 is 0 Å². The van der Waals surface area contributed by atoms with E-state index in [-0.39, 0.29) is 11.9 Å². The average molecular weight is 256 g/mol. The van der Waals surface area contributed by atoms with Crippen LogP contribution in [0.1, 0.15) is 19.1 Å². The number of carbonyl (C=O) groups excluding carboxylic acids is 1. The molecule has 0 fully saturated rings. The number of thioether (sulfide) groups is 1. The van der Waals surface area contributed by atoms with E-state index in [0.717, 1.165) is 24.5 Å². The van der Waals surface area contributed by atoms with Crippen LogP contribution >= 0.6 is 11.8 Å². The lowest BCUT2D eigenvalue weighted by atomic mass is 10.3. The summed E-state index contributed by atoms with van der Waals surface area (Å²) in [6.07, 6.45) is 4.77. The SMILES string of the molecule is CSCCCNC(C)C(=O)NCc1ccco1. The molecule has 1 aromatic rings. The van der Waals surface area contributed by atoms with Gasteiger partial charge in [-0.25, -0.2) is 0 Å². The van der Waals surface area contributed by atoms with Crippen molar-refractivity contribution in [3.8, 4) is 0 Å². The highest BCUT2D eigenvalue weighted by molar-refractivity contribution is 7.98. The zero-order valence-corrected chi connectivity index (χ0v) is 11.2. The maximum absolute atomic E-state index is 11.7. The number of nitrogens with one attached hydrogen (secondary N) is 2. The minimum Gasteiger partial charge on any atom is -0.467 e. The molecule has 0 saturated heterocycles. The molecule has 1 heterocycles. The first-order chi connectivity index (χ1) is 8.24. The van der Waals surface area contributed by atoms with Crippen LogP contribution < -0.4 is 10.6 Å². The normalized spacial score (nSPS) is 12.4. The van der Waals surface area contributed by atoms with Crippen molar-refractivity contribution in [2.75, 3.05) is 18.6 Å². The van der Waals surface area contributed by atoms with Crippen LogP contribution in [-0.4, -0.2) is 30.5 Å². The Morgan fingerprint density at radius 1 is 1.59 bits per heavy atom. The van der Waals surface area contributed by atoms with Gasteiger partial charge in [0.1, 0.15) is 5.76 Å². The van der Waals surface area contributed by atoms with Gasteiger partial charge in [-0.3, -0.25) is 4.79 Å². The lowest BCUT2D eigenvalue weighted by Crippen LogP contribution is -2.42. The molecule has 1 unspecified atom stereocenters. The van der Waals surface area contributed by atoms with Gasteiger partial charge >= 0.3 is 0 Å². The minimum absolute atomic E-state index is 0.00514. The number of furan rings is 1. The third-order valence-electron chi connectivity index (χ3n) is 2.39. The Morgan fingerprint density at radius 2 is 2.41 bits per heavy atom. The standard InChI is InChI=1S/C12H20N2O2S/c1-10(13-6-4-8-17-2)12(15)14-9-11-5-3-7-16-11/h3,5,7,10,13H,4,6,8-9H2,1-2H3,(H,14,15). The van der Waals surface area contributed by atoms with E-state index in [9.17, 15) is 4.79 Å². The smallest absolute Gasteiger partial charge is 0.237 e. The van der Waals surface area contributed by atoms with Gasteiger partial charge in [-0.15, -0.1) is 0 Å². The summed E-state index contributed by atoms with van der Waals surface area (Å²) < 4.78 is 5.14. The van der Waals surface area contributed by atoms with Crippen molar-refractivity contribution in [3.63, 3.8) is 0 Å². The maximum atomic E-state index is 11.7. The van der Waals surface area contributed by atoms with Crippen LogP contribution in [0.4, 0.5) is 0 Å². The molecule has 0 bridgehead atoms. The van der Waals surface area contributed by atoms with Gasteiger partial charge in [-0.2, -0.15) is 11.8 Å². The highest BCUT2D eigenvalue weighted by atomic mass is 32.2. The lowest BCUT2D eigenvalue weighted by molar-refractivity contribution is -0.123. The monoisotopic (exact) mass is 256 g/mol. The van der Waals surface area contributed by atoms with Crippen molar-refractivity contribution in [3.05, 3.63) is 24.2 Å². The molecule has 4 nitrogen and oxygen atoms in total. The molecule has 5 heteroatoms. The molecule has 0 aliphatic carbocycles. The molecule has 17 heavy (non-hydrogen) atoms. The number of carbonyl (C=O) groups is 1. The van der Waals surface area contributed by atoms with Crippen LogP contribution in [0.3, 0.4) is 0 Å².